The zero-order valence-corrected chi connectivity index (χ0v) is 9.86. The molecule has 0 fully saturated rings. The fourth-order valence-electron chi connectivity index (χ4n) is 1.67. The summed E-state index contributed by atoms with van der Waals surface area (Å²) in [5, 5.41) is 31.0. The summed E-state index contributed by atoms with van der Waals surface area (Å²) in [5.41, 5.74) is 0.492. The van der Waals surface area contributed by atoms with Crippen molar-refractivity contribution in [2.24, 2.45) is 0 Å². The van der Waals surface area contributed by atoms with E-state index >= 15 is 0 Å². The zero-order valence-electron chi connectivity index (χ0n) is 9.86. The summed E-state index contributed by atoms with van der Waals surface area (Å²) in [6.07, 6.45) is 0. The van der Waals surface area contributed by atoms with E-state index in [-0.39, 0.29) is 17.0 Å². The molecule has 3 N–H and O–H groups in total. The van der Waals surface area contributed by atoms with Crippen LogP contribution in [0.5, 0.6) is 5.75 Å². The van der Waals surface area contributed by atoms with Gasteiger partial charge in [-0.15, -0.1) is 0 Å². The molecule has 0 aliphatic heterocycles. The Labute approximate surface area is 107 Å². The van der Waals surface area contributed by atoms with Gasteiger partial charge in [-0.3, -0.25) is 0 Å². The lowest BCUT2D eigenvalue weighted by molar-refractivity contribution is 0.0680. The Morgan fingerprint density at radius 2 is 1.84 bits per heavy atom. The van der Waals surface area contributed by atoms with E-state index < -0.39 is 11.9 Å². The monoisotopic (exact) mass is 262 g/mol. The molecule has 19 heavy (non-hydrogen) atoms. The van der Waals surface area contributed by atoms with Crippen molar-refractivity contribution >= 4 is 11.9 Å². The molecular weight excluding hydrogens is 252 g/mol. The number of aromatic carboxylic acids is 2. The summed E-state index contributed by atoms with van der Waals surface area (Å²) in [7, 11) is 0. The number of aromatic nitrogens is 2. The molecule has 0 radical (unpaired) electrons. The SMILES string of the molecule is Cc1cc(C(=O)O)nn1-c1ccc(O)c(C(=O)O)c1. The van der Waals surface area contributed by atoms with Crippen LogP contribution < -0.4 is 0 Å². The number of carboxylic acids is 2. The first-order chi connectivity index (χ1) is 8.90. The van der Waals surface area contributed by atoms with E-state index in [0.717, 1.165) is 0 Å². The van der Waals surface area contributed by atoms with Crippen molar-refractivity contribution in [1.29, 1.82) is 0 Å². The van der Waals surface area contributed by atoms with Crippen LogP contribution >= 0.6 is 0 Å². The molecule has 2 aromatic rings. The normalized spacial score (nSPS) is 10.4. The molecule has 0 amide bonds. The lowest BCUT2D eigenvalue weighted by Crippen LogP contribution is -2.04. The number of aromatic hydroxyl groups is 1. The molecule has 98 valence electrons. The lowest BCUT2D eigenvalue weighted by Gasteiger charge is -2.06. The molecule has 0 spiro atoms. The van der Waals surface area contributed by atoms with E-state index in [2.05, 4.69) is 5.10 Å². The van der Waals surface area contributed by atoms with Gasteiger partial charge in [-0.25, -0.2) is 14.3 Å². The van der Waals surface area contributed by atoms with Crippen LogP contribution in [0.25, 0.3) is 5.69 Å². The van der Waals surface area contributed by atoms with Gasteiger partial charge in [0.25, 0.3) is 0 Å². The number of rotatable bonds is 3. The first-order valence-corrected chi connectivity index (χ1v) is 5.27. The van der Waals surface area contributed by atoms with Crippen molar-refractivity contribution in [2.75, 3.05) is 0 Å². The van der Waals surface area contributed by atoms with Gasteiger partial charge in [0.2, 0.25) is 0 Å². The number of aryl methyl sites for hydroxylation is 1. The van der Waals surface area contributed by atoms with Crippen molar-refractivity contribution in [2.45, 2.75) is 6.92 Å². The van der Waals surface area contributed by atoms with E-state index in [1.807, 2.05) is 0 Å². The maximum absolute atomic E-state index is 10.9. The molecule has 1 aromatic carbocycles. The predicted molar refractivity (Wildman–Crippen MR) is 63.9 cm³/mol. The van der Waals surface area contributed by atoms with Crippen molar-refractivity contribution in [1.82, 2.24) is 9.78 Å². The second-order valence-electron chi connectivity index (χ2n) is 3.89. The van der Waals surface area contributed by atoms with Gasteiger partial charge in [0.05, 0.1) is 5.69 Å². The molecule has 0 unspecified atom stereocenters. The third-order valence-corrected chi connectivity index (χ3v) is 2.56. The summed E-state index contributed by atoms with van der Waals surface area (Å²) in [6.45, 7) is 1.65. The Hall–Kier alpha value is -2.83. The number of hydrogen-bond acceptors (Lipinski definition) is 4. The molecule has 7 nitrogen and oxygen atoms in total. The number of nitrogens with zero attached hydrogens (tertiary/aromatic N) is 2. The smallest absolute Gasteiger partial charge is 0.356 e. The zero-order chi connectivity index (χ0) is 14.2. The van der Waals surface area contributed by atoms with Crippen molar-refractivity contribution in [3.63, 3.8) is 0 Å². The predicted octanol–water partition coefficient (Wildman–Crippen LogP) is 1.28. The minimum absolute atomic E-state index is 0.137. The van der Waals surface area contributed by atoms with Gasteiger partial charge in [-0.2, -0.15) is 5.10 Å². The van der Waals surface area contributed by atoms with Crippen molar-refractivity contribution in [3.8, 4) is 11.4 Å². The fraction of sp³-hybridized carbons (Fsp3) is 0.0833. The maximum atomic E-state index is 10.9. The molecule has 0 aliphatic carbocycles. The molecule has 1 heterocycles. The first kappa shape index (κ1) is 12.6. The summed E-state index contributed by atoms with van der Waals surface area (Å²) < 4.78 is 1.30. The van der Waals surface area contributed by atoms with E-state index in [4.69, 9.17) is 10.2 Å². The van der Waals surface area contributed by atoms with Crippen LogP contribution in [0.2, 0.25) is 0 Å². The Morgan fingerprint density at radius 3 is 2.37 bits per heavy atom. The highest BCUT2D eigenvalue weighted by Gasteiger charge is 2.15. The van der Waals surface area contributed by atoms with Crippen LogP contribution in [0.1, 0.15) is 26.5 Å². The number of carboxylic acid groups (broad SMARTS) is 2. The fourth-order valence-corrected chi connectivity index (χ4v) is 1.67. The summed E-state index contributed by atoms with van der Waals surface area (Å²) in [4.78, 5) is 21.7. The Kier molecular flexibility index (Phi) is 2.95. The standard InChI is InChI=1S/C12H10N2O5/c1-6-4-9(12(18)19)13-14(6)7-2-3-10(15)8(5-7)11(16)17/h2-5,15H,1H3,(H,16,17)(H,18,19). The minimum Gasteiger partial charge on any atom is -0.507 e. The Bertz CT molecular complexity index is 675. The van der Waals surface area contributed by atoms with Crippen LogP contribution in [-0.4, -0.2) is 37.0 Å². The van der Waals surface area contributed by atoms with Crippen molar-refractivity contribution in [3.05, 3.63) is 41.2 Å². The number of benzene rings is 1. The molecule has 0 saturated heterocycles. The van der Waals surface area contributed by atoms with Crippen LogP contribution in [-0.2, 0) is 0 Å². The summed E-state index contributed by atoms with van der Waals surface area (Å²) in [5.74, 6) is -2.80. The molecule has 2 rings (SSSR count). The number of hydrogen-bond donors (Lipinski definition) is 3. The average molecular weight is 262 g/mol. The van der Waals surface area contributed by atoms with E-state index in [1.165, 1.54) is 28.9 Å². The third-order valence-electron chi connectivity index (χ3n) is 2.56. The summed E-state index contributed by atoms with van der Waals surface area (Å²) in [6, 6.07) is 5.27. The quantitative estimate of drug-likeness (QED) is 0.768. The van der Waals surface area contributed by atoms with Crippen LogP contribution in [0.3, 0.4) is 0 Å². The third kappa shape index (κ3) is 2.25. The van der Waals surface area contributed by atoms with E-state index in [1.54, 1.807) is 6.92 Å². The van der Waals surface area contributed by atoms with Crippen LogP contribution in [0.15, 0.2) is 24.3 Å². The largest absolute Gasteiger partial charge is 0.507 e. The highest BCUT2D eigenvalue weighted by Crippen LogP contribution is 2.21. The molecule has 0 bridgehead atoms. The number of phenols is 1. The molecule has 0 saturated carbocycles. The second kappa shape index (κ2) is 4.45. The Balaban J connectivity index is 2.56. The highest BCUT2D eigenvalue weighted by molar-refractivity contribution is 5.91. The summed E-state index contributed by atoms with van der Waals surface area (Å²) >= 11 is 0. The second-order valence-corrected chi connectivity index (χ2v) is 3.89. The average Bonchev–Trinajstić information content (AvgIpc) is 2.72. The first-order valence-electron chi connectivity index (χ1n) is 5.27. The molecule has 1 aromatic heterocycles. The van der Waals surface area contributed by atoms with E-state index in [9.17, 15) is 14.7 Å². The molecule has 7 heteroatoms. The topological polar surface area (TPSA) is 113 Å². The molecule has 0 aliphatic rings. The molecule has 0 atom stereocenters. The van der Waals surface area contributed by atoms with Crippen LogP contribution in [0.4, 0.5) is 0 Å². The van der Waals surface area contributed by atoms with Gasteiger partial charge in [-0.05, 0) is 31.2 Å². The van der Waals surface area contributed by atoms with Gasteiger partial charge in [-0.1, -0.05) is 0 Å². The maximum Gasteiger partial charge on any atom is 0.356 e. The van der Waals surface area contributed by atoms with Crippen molar-refractivity contribution < 1.29 is 24.9 Å². The molecular formula is C12H10N2O5. The minimum atomic E-state index is -1.28. The van der Waals surface area contributed by atoms with Gasteiger partial charge >= 0.3 is 11.9 Å². The number of carbonyl (C=O) groups is 2. The highest BCUT2D eigenvalue weighted by atomic mass is 16.4. The van der Waals surface area contributed by atoms with Gasteiger partial charge in [0.1, 0.15) is 11.3 Å². The van der Waals surface area contributed by atoms with Gasteiger partial charge in [0.15, 0.2) is 5.69 Å². The lowest BCUT2D eigenvalue weighted by atomic mass is 10.2. The van der Waals surface area contributed by atoms with Gasteiger partial charge in [0, 0.05) is 5.69 Å². The van der Waals surface area contributed by atoms with Crippen LogP contribution in [0, 0.1) is 6.92 Å². The van der Waals surface area contributed by atoms with E-state index in [0.29, 0.717) is 11.4 Å². The Morgan fingerprint density at radius 1 is 1.16 bits per heavy atom. The van der Waals surface area contributed by atoms with Gasteiger partial charge < -0.3 is 15.3 Å².